The molecular formula is C23H27N3O3. The van der Waals surface area contributed by atoms with E-state index in [-0.39, 0.29) is 6.03 Å². The lowest BCUT2D eigenvalue weighted by Gasteiger charge is -2.19. The molecule has 2 N–H and O–H groups in total. The van der Waals surface area contributed by atoms with Gasteiger partial charge in [-0.1, -0.05) is 30.3 Å². The summed E-state index contributed by atoms with van der Waals surface area (Å²) in [6.07, 6.45) is 2.49. The first-order valence-corrected chi connectivity index (χ1v) is 9.71. The van der Waals surface area contributed by atoms with Crippen LogP contribution in [0, 0.1) is 0 Å². The second-order valence-corrected chi connectivity index (χ2v) is 6.76. The van der Waals surface area contributed by atoms with Crippen LogP contribution < -0.4 is 15.5 Å². The van der Waals surface area contributed by atoms with Gasteiger partial charge in [0.15, 0.2) is 0 Å². The number of para-hydroxylation sites is 1. The SMILES string of the molecule is CN(CCCNC(=O)Nc1cccc(COCc2ccco2)c1)c1ccccc1. The summed E-state index contributed by atoms with van der Waals surface area (Å²) in [7, 11) is 2.05. The molecule has 6 nitrogen and oxygen atoms in total. The van der Waals surface area contributed by atoms with Crippen LogP contribution >= 0.6 is 0 Å². The number of benzene rings is 2. The second-order valence-electron chi connectivity index (χ2n) is 6.76. The van der Waals surface area contributed by atoms with Crippen LogP contribution in [0.5, 0.6) is 0 Å². The van der Waals surface area contributed by atoms with Crippen molar-refractivity contribution in [1.29, 1.82) is 0 Å². The molecule has 0 aliphatic carbocycles. The van der Waals surface area contributed by atoms with Gasteiger partial charge in [-0.15, -0.1) is 0 Å². The van der Waals surface area contributed by atoms with Crippen molar-refractivity contribution in [2.45, 2.75) is 19.6 Å². The summed E-state index contributed by atoms with van der Waals surface area (Å²) in [5, 5.41) is 5.77. The fourth-order valence-electron chi connectivity index (χ4n) is 2.91. The Morgan fingerprint density at radius 3 is 2.69 bits per heavy atom. The molecule has 0 saturated heterocycles. The predicted molar refractivity (Wildman–Crippen MR) is 115 cm³/mol. The molecule has 0 aliphatic rings. The minimum Gasteiger partial charge on any atom is -0.467 e. The lowest BCUT2D eigenvalue weighted by molar-refractivity contribution is 0.0930. The molecule has 2 amide bonds. The van der Waals surface area contributed by atoms with Gasteiger partial charge >= 0.3 is 6.03 Å². The summed E-state index contributed by atoms with van der Waals surface area (Å²) in [6, 6.07) is 21.3. The number of carbonyl (C=O) groups excluding carboxylic acids is 1. The number of nitrogens with zero attached hydrogens (tertiary/aromatic N) is 1. The molecule has 1 heterocycles. The summed E-state index contributed by atoms with van der Waals surface area (Å²) in [5.74, 6) is 0.788. The number of urea groups is 1. The van der Waals surface area contributed by atoms with Crippen molar-refractivity contribution in [3.05, 3.63) is 84.3 Å². The van der Waals surface area contributed by atoms with Gasteiger partial charge in [0.25, 0.3) is 0 Å². The Bertz CT molecular complexity index is 866. The first-order valence-electron chi connectivity index (χ1n) is 9.71. The topological polar surface area (TPSA) is 66.7 Å². The fourth-order valence-corrected chi connectivity index (χ4v) is 2.91. The molecule has 0 aliphatic heterocycles. The normalized spacial score (nSPS) is 10.5. The highest BCUT2D eigenvalue weighted by molar-refractivity contribution is 5.89. The van der Waals surface area contributed by atoms with E-state index < -0.39 is 0 Å². The van der Waals surface area contributed by atoms with Crippen molar-refractivity contribution in [3.63, 3.8) is 0 Å². The lowest BCUT2D eigenvalue weighted by atomic mass is 10.2. The van der Waals surface area contributed by atoms with E-state index >= 15 is 0 Å². The molecule has 3 rings (SSSR count). The zero-order chi connectivity index (χ0) is 20.3. The van der Waals surface area contributed by atoms with Crippen LogP contribution in [0.3, 0.4) is 0 Å². The number of amides is 2. The summed E-state index contributed by atoms with van der Waals surface area (Å²) in [4.78, 5) is 14.3. The standard InChI is InChI=1S/C23H27N3O3/c1-26(21-10-3-2-4-11-21)14-7-13-24-23(27)25-20-9-5-8-19(16-20)17-28-18-22-12-6-15-29-22/h2-6,8-12,15-16H,7,13-14,17-18H2,1H3,(H2,24,25,27). The van der Waals surface area contributed by atoms with Gasteiger partial charge in [0.2, 0.25) is 0 Å². The van der Waals surface area contributed by atoms with Crippen molar-refractivity contribution in [3.8, 4) is 0 Å². The van der Waals surface area contributed by atoms with Gasteiger partial charge in [-0.2, -0.15) is 0 Å². The summed E-state index contributed by atoms with van der Waals surface area (Å²) >= 11 is 0. The van der Waals surface area contributed by atoms with Crippen LogP contribution in [0.1, 0.15) is 17.7 Å². The molecule has 29 heavy (non-hydrogen) atoms. The molecule has 0 fully saturated rings. The Kier molecular flexibility index (Phi) is 7.72. The molecule has 0 unspecified atom stereocenters. The predicted octanol–water partition coefficient (Wildman–Crippen LogP) is 4.64. The van der Waals surface area contributed by atoms with Gasteiger partial charge in [-0.05, 0) is 48.4 Å². The quantitative estimate of drug-likeness (QED) is 0.492. The van der Waals surface area contributed by atoms with Crippen LogP contribution in [-0.2, 0) is 18.0 Å². The van der Waals surface area contributed by atoms with Crippen LogP contribution in [0.4, 0.5) is 16.2 Å². The third kappa shape index (κ3) is 7.01. The zero-order valence-corrected chi connectivity index (χ0v) is 16.6. The number of rotatable bonds is 10. The summed E-state index contributed by atoms with van der Waals surface area (Å²) < 4.78 is 10.9. The highest BCUT2D eigenvalue weighted by Crippen LogP contribution is 2.13. The maximum Gasteiger partial charge on any atom is 0.319 e. The van der Waals surface area contributed by atoms with Gasteiger partial charge in [0.1, 0.15) is 12.4 Å². The zero-order valence-electron chi connectivity index (χ0n) is 16.6. The molecule has 1 aromatic heterocycles. The van der Waals surface area contributed by atoms with Crippen molar-refractivity contribution < 1.29 is 13.9 Å². The molecule has 152 valence electrons. The van der Waals surface area contributed by atoms with Gasteiger partial charge in [-0.25, -0.2) is 4.79 Å². The Morgan fingerprint density at radius 2 is 1.90 bits per heavy atom. The largest absolute Gasteiger partial charge is 0.467 e. The van der Waals surface area contributed by atoms with E-state index in [1.165, 1.54) is 5.69 Å². The van der Waals surface area contributed by atoms with Crippen molar-refractivity contribution >= 4 is 17.4 Å². The van der Waals surface area contributed by atoms with Gasteiger partial charge in [0, 0.05) is 31.5 Å². The molecular weight excluding hydrogens is 366 g/mol. The molecule has 6 heteroatoms. The van der Waals surface area contributed by atoms with Crippen LogP contribution in [0.2, 0.25) is 0 Å². The number of anilines is 2. The van der Waals surface area contributed by atoms with E-state index in [2.05, 4.69) is 34.7 Å². The number of carbonyl (C=O) groups is 1. The molecule has 0 radical (unpaired) electrons. The highest BCUT2D eigenvalue weighted by Gasteiger charge is 2.04. The summed E-state index contributed by atoms with van der Waals surface area (Å²) in [5.41, 5.74) is 2.89. The van der Waals surface area contributed by atoms with Gasteiger partial charge in [0.05, 0.1) is 12.9 Å². The smallest absolute Gasteiger partial charge is 0.319 e. The van der Waals surface area contributed by atoms with E-state index in [4.69, 9.17) is 9.15 Å². The van der Waals surface area contributed by atoms with E-state index in [1.807, 2.05) is 54.6 Å². The summed E-state index contributed by atoms with van der Waals surface area (Å²) in [6.45, 7) is 2.34. The molecule has 3 aromatic rings. The van der Waals surface area contributed by atoms with Gasteiger partial charge < -0.3 is 24.7 Å². The Hall–Kier alpha value is -3.25. The minimum absolute atomic E-state index is 0.207. The Labute approximate surface area is 171 Å². The number of furan rings is 1. The monoisotopic (exact) mass is 393 g/mol. The lowest BCUT2D eigenvalue weighted by Crippen LogP contribution is -2.31. The molecule has 2 aromatic carbocycles. The van der Waals surface area contributed by atoms with Crippen molar-refractivity contribution in [2.75, 3.05) is 30.4 Å². The second kappa shape index (κ2) is 10.9. The molecule has 0 atom stereocenters. The number of hydrogen-bond donors (Lipinski definition) is 2. The number of hydrogen-bond acceptors (Lipinski definition) is 4. The van der Waals surface area contributed by atoms with Gasteiger partial charge in [-0.3, -0.25) is 0 Å². The Morgan fingerprint density at radius 1 is 1.03 bits per heavy atom. The van der Waals surface area contributed by atoms with E-state index in [0.29, 0.717) is 19.8 Å². The van der Waals surface area contributed by atoms with E-state index in [1.54, 1.807) is 6.26 Å². The molecule has 0 bridgehead atoms. The number of ether oxygens (including phenoxy) is 1. The average Bonchev–Trinajstić information content (AvgIpc) is 3.25. The number of nitrogens with one attached hydrogen (secondary N) is 2. The fraction of sp³-hybridized carbons (Fsp3) is 0.261. The van der Waals surface area contributed by atoms with Crippen molar-refractivity contribution in [2.24, 2.45) is 0 Å². The van der Waals surface area contributed by atoms with Crippen LogP contribution in [0.25, 0.3) is 0 Å². The van der Waals surface area contributed by atoms with Crippen molar-refractivity contribution in [1.82, 2.24) is 5.32 Å². The highest BCUT2D eigenvalue weighted by atomic mass is 16.5. The van der Waals surface area contributed by atoms with E-state index in [0.717, 1.165) is 30.0 Å². The van der Waals surface area contributed by atoms with Crippen LogP contribution in [0.15, 0.2) is 77.4 Å². The Balaban J connectivity index is 1.35. The maximum atomic E-state index is 12.1. The first-order chi connectivity index (χ1) is 14.2. The van der Waals surface area contributed by atoms with E-state index in [9.17, 15) is 4.79 Å². The minimum atomic E-state index is -0.207. The average molecular weight is 393 g/mol. The maximum absolute atomic E-state index is 12.1. The molecule has 0 spiro atoms. The third-order valence-corrected chi connectivity index (χ3v) is 4.43. The third-order valence-electron chi connectivity index (χ3n) is 4.43. The molecule has 0 saturated carbocycles. The first kappa shape index (κ1) is 20.5. The van der Waals surface area contributed by atoms with Crippen LogP contribution in [-0.4, -0.2) is 26.2 Å².